The molecule has 0 fully saturated rings. The van der Waals surface area contributed by atoms with Crippen LogP contribution in [0.25, 0.3) is 15.9 Å². The van der Waals surface area contributed by atoms with Crippen molar-refractivity contribution >= 4 is 73.9 Å². The molecule has 27 heavy (non-hydrogen) atoms. The number of fused-ring (bicyclic) bond motifs is 5. The van der Waals surface area contributed by atoms with Crippen LogP contribution in [0.5, 0.6) is 0 Å². The fourth-order valence-corrected chi connectivity index (χ4v) is 6.85. The summed E-state index contributed by atoms with van der Waals surface area (Å²) in [7, 11) is 0. The topological polar surface area (TPSA) is 43.1 Å². The Morgan fingerprint density at radius 2 is 2.07 bits per heavy atom. The molecule has 0 radical (unpaired) electrons. The summed E-state index contributed by atoms with van der Waals surface area (Å²) in [6.07, 6.45) is 5.53. The maximum absolute atomic E-state index is 6.32. The van der Waals surface area contributed by atoms with Crippen molar-refractivity contribution in [1.29, 1.82) is 0 Å². The number of hydrogen-bond donors (Lipinski definition) is 0. The predicted octanol–water partition coefficient (Wildman–Crippen LogP) is 6.15. The highest BCUT2D eigenvalue weighted by molar-refractivity contribution is 7.99. The normalized spacial score (nSPS) is 13.7. The second-order valence-electron chi connectivity index (χ2n) is 6.30. The van der Waals surface area contributed by atoms with Gasteiger partial charge in [-0.1, -0.05) is 52.8 Å². The van der Waals surface area contributed by atoms with E-state index in [9.17, 15) is 0 Å². The fraction of sp³-hybridized carbons (Fsp3) is 0.278. The van der Waals surface area contributed by atoms with Crippen molar-refractivity contribution < 1.29 is 0 Å². The summed E-state index contributed by atoms with van der Waals surface area (Å²) in [5.74, 6) is 0.699. The molecule has 0 amide bonds. The number of rotatable bonds is 4. The van der Waals surface area contributed by atoms with Crippen molar-refractivity contribution in [2.75, 3.05) is 6.26 Å². The summed E-state index contributed by atoms with van der Waals surface area (Å²) in [4.78, 5) is 7.46. The van der Waals surface area contributed by atoms with Gasteiger partial charge in [-0.25, -0.2) is 9.38 Å². The molecule has 0 aliphatic heterocycles. The summed E-state index contributed by atoms with van der Waals surface area (Å²) in [5.41, 5.74) is 3.37. The standard InChI is InChI=1S/C18H14Cl2N4S3/c1-25-17-21-16-14(11-3-2-4-13(11)27-16)15-22-23-18(24(15)17)26-8-9-5-6-10(19)7-12(9)20/h5-7H,2-4,8H2,1H3. The van der Waals surface area contributed by atoms with Crippen LogP contribution in [0.2, 0.25) is 10.0 Å². The van der Waals surface area contributed by atoms with E-state index in [0.29, 0.717) is 15.8 Å². The van der Waals surface area contributed by atoms with Gasteiger partial charge in [-0.15, -0.1) is 21.5 Å². The van der Waals surface area contributed by atoms with Crippen molar-refractivity contribution in [2.24, 2.45) is 0 Å². The van der Waals surface area contributed by atoms with Crippen LogP contribution in [0.4, 0.5) is 0 Å². The number of thioether (sulfide) groups is 2. The van der Waals surface area contributed by atoms with Gasteiger partial charge in [0.15, 0.2) is 16.0 Å². The van der Waals surface area contributed by atoms with Gasteiger partial charge in [-0.2, -0.15) is 0 Å². The van der Waals surface area contributed by atoms with Crippen LogP contribution >= 0.6 is 58.1 Å². The lowest BCUT2D eigenvalue weighted by molar-refractivity contribution is 0.818. The molecular formula is C18H14Cl2N4S3. The van der Waals surface area contributed by atoms with Crippen molar-refractivity contribution in [1.82, 2.24) is 19.6 Å². The molecule has 9 heteroatoms. The second kappa shape index (κ2) is 7.12. The Balaban J connectivity index is 1.60. The third kappa shape index (κ3) is 3.04. The van der Waals surface area contributed by atoms with Gasteiger partial charge < -0.3 is 0 Å². The third-order valence-electron chi connectivity index (χ3n) is 4.70. The molecule has 0 saturated heterocycles. The maximum Gasteiger partial charge on any atom is 0.198 e. The van der Waals surface area contributed by atoms with E-state index < -0.39 is 0 Å². The van der Waals surface area contributed by atoms with E-state index in [4.69, 9.17) is 28.2 Å². The van der Waals surface area contributed by atoms with Crippen molar-refractivity contribution in [3.8, 4) is 0 Å². The van der Waals surface area contributed by atoms with Crippen molar-refractivity contribution in [3.05, 3.63) is 44.2 Å². The molecule has 0 bridgehead atoms. The molecule has 1 aromatic carbocycles. The van der Waals surface area contributed by atoms with Gasteiger partial charge >= 0.3 is 0 Å². The summed E-state index contributed by atoms with van der Waals surface area (Å²) in [6.45, 7) is 0. The van der Waals surface area contributed by atoms with Crippen LogP contribution in [0.1, 0.15) is 22.4 Å². The van der Waals surface area contributed by atoms with Gasteiger partial charge in [-0.05, 0) is 48.8 Å². The van der Waals surface area contributed by atoms with E-state index >= 15 is 0 Å². The largest absolute Gasteiger partial charge is 0.248 e. The summed E-state index contributed by atoms with van der Waals surface area (Å²) < 4.78 is 2.09. The molecule has 0 N–H and O–H groups in total. The highest BCUT2D eigenvalue weighted by Crippen LogP contribution is 2.40. The lowest BCUT2D eigenvalue weighted by Gasteiger charge is -2.07. The van der Waals surface area contributed by atoms with Crippen LogP contribution in [0.3, 0.4) is 0 Å². The zero-order valence-electron chi connectivity index (χ0n) is 14.3. The second-order valence-corrected chi connectivity index (χ2v) is 9.95. The molecule has 5 rings (SSSR count). The molecular weight excluding hydrogens is 439 g/mol. The SMILES string of the molecule is CSc1nc2sc3c(c2c2nnc(SCc4ccc(Cl)cc4Cl)n12)CCC3. The summed E-state index contributed by atoms with van der Waals surface area (Å²) in [6, 6.07) is 5.59. The molecule has 138 valence electrons. The predicted molar refractivity (Wildman–Crippen MR) is 116 cm³/mol. The number of hydrogen-bond acceptors (Lipinski definition) is 6. The molecule has 4 aromatic rings. The fourth-order valence-electron chi connectivity index (χ4n) is 3.45. The Kier molecular flexibility index (Phi) is 4.76. The molecule has 3 heterocycles. The number of thiophene rings is 1. The van der Waals surface area contributed by atoms with E-state index in [1.54, 1.807) is 29.6 Å². The van der Waals surface area contributed by atoms with E-state index in [2.05, 4.69) is 14.6 Å². The molecule has 1 aliphatic carbocycles. The minimum atomic E-state index is 0.643. The molecule has 1 aliphatic rings. The Bertz CT molecular complexity index is 1180. The minimum absolute atomic E-state index is 0.643. The zero-order valence-corrected chi connectivity index (χ0v) is 18.3. The number of aryl methyl sites for hydroxylation is 2. The quantitative estimate of drug-likeness (QED) is 0.274. The Morgan fingerprint density at radius 1 is 1.19 bits per heavy atom. The number of benzene rings is 1. The van der Waals surface area contributed by atoms with Crippen LogP contribution < -0.4 is 0 Å². The number of nitrogens with zero attached hydrogens (tertiary/aromatic N) is 4. The molecule has 0 unspecified atom stereocenters. The number of halogens is 2. The van der Waals surface area contributed by atoms with Gasteiger partial charge in [-0.3, -0.25) is 0 Å². The average molecular weight is 453 g/mol. The zero-order chi connectivity index (χ0) is 18.5. The van der Waals surface area contributed by atoms with Gasteiger partial charge in [0.2, 0.25) is 0 Å². The maximum atomic E-state index is 6.32. The summed E-state index contributed by atoms with van der Waals surface area (Å²) in [5, 5.41) is 13.3. The van der Waals surface area contributed by atoms with Gasteiger partial charge in [0.05, 0.1) is 5.39 Å². The first kappa shape index (κ1) is 18.1. The average Bonchev–Trinajstić information content (AvgIpc) is 3.34. The van der Waals surface area contributed by atoms with Crippen LogP contribution in [0, 0.1) is 0 Å². The molecule has 0 spiro atoms. The highest BCUT2D eigenvalue weighted by atomic mass is 35.5. The molecule has 4 nitrogen and oxygen atoms in total. The van der Waals surface area contributed by atoms with Crippen molar-refractivity contribution in [3.63, 3.8) is 0 Å². The van der Waals surface area contributed by atoms with E-state index in [-0.39, 0.29) is 0 Å². The van der Waals surface area contributed by atoms with Crippen molar-refractivity contribution in [2.45, 2.75) is 35.3 Å². The smallest absolute Gasteiger partial charge is 0.198 e. The van der Waals surface area contributed by atoms with Gasteiger partial charge in [0.25, 0.3) is 0 Å². The van der Waals surface area contributed by atoms with E-state index in [0.717, 1.165) is 39.2 Å². The number of aromatic nitrogens is 4. The Labute approximate surface area is 178 Å². The Hall–Kier alpha value is -0.990. The van der Waals surface area contributed by atoms with Crippen LogP contribution in [0.15, 0.2) is 28.5 Å². The Morgan fingerprint density at radius 3 is 2.89 bits per heavy atom. The lowest BCUT2D eigenvalue weighted by Crippen LogP contribution is -1.97. The highest BCUT2D eigenvalue weighted by Gasteiger charge is 2.24. The molecule has 0 saturated carbocycles. The summed E-state index contributed by atoms with van der Waals surface area (Å²) >= 11 is 17.4. The molecule has 0 atom stereocenters. The molecule has 3 aromatic heterocycles. The lowest BCUT2D eigenvalue weighted by atomic mass is 10.2. The van der Waals surface area contributed by atoms with Crippen LogP contribution in [-0.4, -0.2) is 25.8 Å². The first-order valence-corrected chi connectivity index (χ1v) is 12.2. The van der Waals surface area contributed by atoms with E-state index in [1.165, 1.54) is 22.2 Å². The first-order valence-electron chi connectivity index (χ1n) is 8.46. The van der Waals surface area contributed by atoms with E-state index in [1.807, 2.05) is 29.7 Å². The van der Waals surface area contributed by atoms with Gasteiger partial charge in [0, 0.05) is 20.7 Å². The third-order valence-corrected chi connectivity index (χ3v) is 8.09. The first-order chi connectivity index (χ1) is 13.2. The van der Waals surface area contributed by atoms with Gasteiger partial charge in [0.1, 0.15) is 4.83 Å². The minimum Gasteiger partial charge on any atom is -0.248 e. The van der Waals surface area contributed by atoms with Crippen LogP contribution in [-0.2, 0) is 18.6 Å². The monoisotopic (exact) mass is 452 g/mol.